The Labute approximate surface area is 200 Å². The molecule has 0 bridgehead atoms. The molecule has 9 heteroatoms. The fraction of sp³-hybridized carbons (Fsp3) is 0.440. The van der Waals surface area contributed by atoms with Gasteiger partial charge in [-0.1, -0.05) is 30.3 Å². The summed E-state index contributed by atoms with van der Waals surface area (Å²) in [6.45, 7) is 2.29. The lowest BCUT2D eigenvalue weighted by atomic mass is 10.1. The number of nitrogens with zero attached hydrogens (tertiary/aromatic N) is 3. The van der Waals surface area contributed by atoms with Gasteiger partial charge in [-0.3, -0.25) is 9.59 Å². The first-order chi connectivity index (χ1) is 16.4. The fourth-order valence-electron chi connectivity index (χ4n) is 4.49. The monoisotopic (exact) mass is 487 g/mol. The maximum atomic E-state index is 14.4. The van der Waals surface area contributed by atoms with E-state index in [0.29, 0.717) is 45.7 Å². The van der Waals surface area contributed by atoms with Crippen LogP contribution in [0, 0.1) is 5.82 Å². The van der Waals surface area contributed by atoms with Crippen LogP contribution in [0.3, 0.4) is 0 Å². The van der Waals surface area contributed by atoms with Crippen LogP contribution in [0.5, 0.6) is 0 Å². The highest BCUT2D eigenvalue weighted by atomic mass is 32.2. The van der Waals surface area contributed by atoms with E-state index in [9.17, 15) is 22.4 Å². The number of rotatable bonds is 7. The number of benzene rings is 2. The van der Waals surface area contributed by atoms with E-state index in [0.717, 1.165) is 37.8 Å². The molecule has 34 heavy (non-hydrogen) atoms. The predicted octanol–water partition coefficient (Wildman–Crippen LogP) is 2.92. The molecular weight excluding hydrogens is 457 g/mol. The van der Waals surface area contributed by atoms with Gasteiger partial charge in [-0.25, -0.2) is 12.8 Å². The van der Waals surface area contributed by atoms with E-state index < -0.39 is 20.7 Å². The number of hydrogen-bond acceptors (Lipinski definition) is 4. The lowest BCUT2D eigenvalue weighted by Crippen LogP contribution is -2.50. The van der Waals surface area contributed by atoms with E-state index in [2.05, 4.69) is 0 Å². The maximum absolute atomic E-state index is 14.4. The molecule has 0 spiro atoms. The van der Waals surface area contributed by atoms with Crippen molar-refractivity contribution in [3.63, 3.8) is 0 Å². The zero-order chi connectivity index (χ0) is 24.1. The van der Waals surface area contributed by atoms with Gasteiger partial charge in [0.05, 0.1) is 0 Å². The Morgan fingerprint density at radius 3 is 2.18 bits per heavy atom. The van der Waals surface area contributed by atoms with Crippen LogP contribution in [0.2, 0.25) is 0 Å². The van der Waals surface area contributed by atoms with Crippen molar-refractivity contribution in [3.05, 3.63) is 65.5 Å². The summed E-state index contributed by atoms with van der Waals surface area (Å²) >= 11 is 0. The Bertz CT molecular complexity index is 1130. The van der Waals surface area contributed by atoms with Crippen LogP contribution in [-0.4, -0.2) is 73.6 Å². The van der Waals surface area contributed by atoms with Crippen LogP contribution in [-0.2, 0) is 21.2 Å². The number of aryl methyl sites for hydroxylation is 1. The van der Waals surface area contributed by atoms with Gasteiger partial charge >= 0.3 is 0 Å². The molecule has 7 nitrogen and oxygen atoms in total. The topological polar surface area (TPSA) is 78.0 Å². The van der Waals surface area contributed by atoms with E-state index >= 15 is 0 Å². The number of hydrogen-bond donors (Lipinski definition) is 0. The molecule has 2 aliphatic heterocycles. The molecule has 0 saturated carbocycles. The smallest absolute Gasteiger partial charge is 0.254 e. The van der Waals surface area contributed by atoms with Crippen molar-refractivity contribution in [2.75, 3.05) is 39.3 Å². The van der Waals surface area contributed by atoms with E-state index in [-0.39, 0.29) is 17.4 Å². The summed E-state index contributed by atoms with van der Waals surface area (Å²) in [6, 6.07) is 13.5. The Balaban J connectivity index is 1.33. The van der Waals surface area contributed by atoms with E-state index in [1.165, 1.54) is 15.9 Å². The highest BCUT2D eigenvalue weighted by molar-refractivity contribution is 7.89. The van der Waals surface area contributed by atoms with Crippen LogP contribution in [0.25, 0.3) is 0 Å². The third-order valence-electron chi connectivity index (χ3n) is 6.48. The molecule has 0 unspecified atom stereocenters. The Morgan fingerprint density at radius 1 is 0.853 bits per heavy atom. The zero-order valence-corrected chi connectivity index (χ0v) is 20.0. The average molecular weight is 488 g/mol. The van der Waals surface area contributed by atoms with Crippen LogP contribution in [0.15, 0.2) is 53.4 Å². The number of halogens is 1. The van der Waals surface area contributed by atoms with Gasteiger partial charge in [0.2, 0.25) is 15.9 Å². The lowest BCUT2D eigenvalue weighted by Gasteiger charge is -2.35. The minimum absolute atomic E-state index is 0.0730. The average Bonchev–Trinajstić information content (AvgIpc) is 3.41. The summed E-state index contributed by atoms with van der Waals surface area (Å²) in [5.74, 6) is -1.13. The molecule has 4 rings (SSSR count). The third kappa shape index (κ3) is 5.47. The first kappa shape index (κ1) is 24.3. The van der Waals surface area contributed by atoms with Gasteiger partial charge in [-0.2, -0.15) is 4.31 Å². The summed E-state index contributed by atoms with van der Waals surface area (Å²) in [5.41, 5.74) is 1.35. The van der Waals surface area contributed by atoms with Gasteiger partial charge in [-0.05, 0) is 49.4 Å². The molecule has 2 amide bonds. The zero-order valence-electron chi connectivity index (χ0n) is 19.2. The minimum Gasteiger partial charge on any atom is -0.339 e. The molecule has 2 saturated heterocycles. The van der Waals surface area contributed by atoms with Crippen LogP contribution >= 0.6 is 0 Å². The molecule has 182 valence electrons. The number of amides is 2. The van der Waals surface area contributed by atoms with E-state index in [1.54, 1.807) is 9.80 Å². The van der Waals surface area contributed by atoms with Crippen molar-refractivity contribution in [2.45, 2.75) is 37.0 Å². The fourth-order valence-corrected chi connectivity index (χ4v) is 6.10. The Hall–Kier alpha value is -2.78. The van der Waals surface area contributed by atoms with Crippen LogP contribution in [0.4, 0.5) is 4.39 Å². The Kier molecular flexibility index (Phi) is 7.63. The first-order valence-electron chi connectivity index (χ1n) is 11.8. The summed E-state index contributed by atoms with van der Waals surface area (Å²) in [7, 11) is -3.97. The SMILES string of the molecule is O=C(CCCc1ccccc1)N1CCN(C(=O)c2ccc(F)c(S(=O)(=O)N3CCCC3)c2)CC1. The van der Waals surface area contributed by atoms with Crippen molar-refractivity contribution in [1.82, 2.24) is 14.1 Å². The molecule has 2 aromatic carbocycles. The van der Waals surface area contributed by atoms with Crippen molar-refractivity contribution in [1.29, 1.82) is 0 Å². The molecule has 0 N–H and O–H groups in total. The minimum atomic E-state index is -3.97. The second-order valence-electron chi connectivity index (χ2n) is 8.77. The van der Waals surface area contributed by atoms with Crippen molar-refractivity contribution >= 4 is 21.8 Å². The summed E-state index contributed by atoms with van der Waals surface area (Å²) < 4.78 is 41.3. The second kappa shape index (κ2) is 10.7. The second-order valence-corrected chi connectivity index (χ2v) is 10.7. The van der Waals surface area contributed by atoms with Gasteiger partial charge in [0.25, 0.3) is 5.91 Å². The highest BCUT2D eigenvalue weighted by Gasteiger charge is 2.31. The van der Waals surface area contributed by atoms with Crippen LogP contribution < -0.4 is 0 Å². The van der Waals surface area contributed by atoms with Gasteiger partial charge in [0.15, 0.2) is 0 Å². The van der Waals surface area contributed by atoms with Crippen molar-refractivity contribution < 1.29 is 22.4 Å². The number of piperazine rings is 1. The van der Waals surface area contributed by atoms with Gasteiger partial charge in [0.1, 0.15) is 10.7 Å². The van der Waals surface area contributed by atoms with Gasteiger partial charge in [-0.15, -0.1) is 0 Å². The Morgan fingerprint density at radius 2 is 1.50 bits per heavy atom. The van der Waals surface area contributed by atoms with Crippen molar-refractivity contribution in [2.24, 2.45) is 0 Å². The molecule has 0 radical (unpaired) electrons. The summed E-state index contributed by atoms with van der Waals surface area (Å²) in [6.07, 6.45) is 3.56. The largest absolute Gasteiger partial charge is 0.339 e. The summed E-state index contributed by atoms with van der Waals surface area (Å²) in [4.78, 5) is 28.5. The van der Waals surface area contributed by atoms with E-state index in [1.807, 2.05) is 30.3 Å². The van der Waals surface area contributed by atoms with Crippen molar-refractivity contribution in [3.8, 4) is 0 Å². The molecule has 2 aliphatic rings. The lowest BCUT2D eigenvalue weighted by molar-refractivity contribution is -0.132. The predicted molar refractivity (Wildman–Crippen MR) is 126 cm³/mol. The number of carbonyl (C=O) groups is 2. The molecular formula is C25H30FN3O4S. The molecule has 2 heterocycles. The molecule has 0 aliphatic carbocycles. The normalized spacial score (nSPS) is 17.2. The molecule has 0 atom stereocenters. The third-order valence-corrected chi connectivity index (χ3v) is 8.39. The number of carbonyl (C=O) groups excluding carboxylic acids is 2. The number of sulfonamides is 1. The maximum Gasteiger partial charge on any atom is 0.254 e. The standard InChI is InChI=1S/C25H30FN3O4S/c26-22-12-11-21(19-23(22)34(32,33)29-13-4-5-14-29)25(31)28-17-15-27(16-18-28)24(30)10-6-9-20-7-2-1-3-8-20/h1-3,7-8,11-12,19H,4-6,9-10,13-18H2. The highest BCUT2D eigenvalue weighted by Crippen LogP contribution is 2.25. The molecule has 0 aromatic heterocycles. The summed E-state index contributed by atoms with van der Waals surface area (Å²) in [5, 5.41) is 0. The molecule has 2 fully saturated rings. The first-order valence-corrected chi connectivity index (χ1v) is 13.2. The quantitative estimate of drug-likeness (QED) is 0.602. The molecule has 2 aromatic rings. The van der Waals surface area contributed by atoms with E-state index in [4.69, 9.17) is 0 Å². The van der Waals surface area contributed by atoms with Crippen LogP contribution in [0.1, 0.15) is 41.6 Å². The van der Waals surface area contributed by atoms with Gasteiger partial charge < -0.3 is 9.80 Å². The van der Waals surface area contributed by atoms with Gasteiger partial charge in [0, 0.05) is 51.3 Å².